The molecule has 1 saturated heterocycles. The molecule has 1 unspecified atom stereocenters. The van der Waals surface area contributed by atoms with Crippen LogP contribution in [0.3, 0.4) is 0 Å². The molecule has 2 aliphatic rings. The van der Waals surface area contributed by atoms with Crippen LogP contribution in [-0.4, -0.2) is 40.8 Å². The number of benzene rings is 1. The van der Waals surface area contributed by atoms with E-state index in [1.54, 1.807) is 0 Å². The lowest BCUT2D eigenvalue weighted by Gasteiger charge is -2.40. The second-order valence-electron chi connectivity index (χ2n) is 6.58. The number of hydrogen-bond acceptors (Lipinski definition) is 2. The summed E-state index contributed by atoms with van der Waals surface area (Å²) >= 11 is 0. The number of carbonyl (C=O) groups excluding carboxylic acids is 1. The van der Waals surface area contributed by atoms with Gasteiger partial charge in [-0.25, -0.2) is 0 Å². The standard InChI is InChI=1S/C17H20F3NO2/c18-17(19,20)16(23)8-10-21(11-9-16)15(22)14(13-6-7-13)12-4-2-1-3-5-12/h1-5,13-14,23H,6-11H2. The lowest BCUT2D eigenvalue weighted by molar-refractivity contribution is -0.272. The van der Waals surface area contributed by atoms with Crippen LogP contribution in [0.1, 0.15) is 37.2 Å². The van der Waals surface area contributed by atoms with Gasteiger partial charge >= 0.3 is 6.18 Å². The molecule has 1 N–H and O–H groups in total. The molecule has 0 aromatic heterocycles. The summed E-state index contributed by atoms with van der Waals surface area (Å²) in [6.07, 6.45) is -3.59. The largest absolute Gasteiger partial charge is 0.417 e. The summed E-state index contributed by atoms with van der Waals surface area (Å²) in [6.45, 7) is -0.101. The normalized spacial score (nSPS) is 22.7. The minimum Gasteiger partial charge on any atom is -0.380 e. The van der Waals surface area contributed by atoms with Crippen LogP contribution in [0.25, 0.3) is 0 Å². The first kappa shape index (κ1) is 16.3. The molecule has 3 nitrogen and oxygen atoms in total. The molecule has 0 radical (unpaired) electrons. The maximum atomic E-state index is 12.9. The van der Waals surface area contributed by atoms with Gasteiger partial charge in [0.15, 0.2) is 5.60 Å². The Hall–Kier alpha value is -1.56. The van der Waals surface area contributed by atoms with E-state index in [0.717, 1.165) is 18.4 Å². The van der Waals surface area contributed by atoms with E-state index in [1.165, 1.54) is 4.90 Å². The number of alkyl halides is 3. The Kier molecular flexibility index (Phi) is 4.12. The van der Waals surface area contributed by atoms with Gasteiger partial charge in [-0.1, -0.05) is 30.3 Å². The van der Waals surface area contributed by atoms with Crippen LogP contribution in [-0.2, 0) is 4.79 Å². The van der Waals surface area contributed by atoms with E-state index >= 15 is 0 Å². The summed E-state index contributed by atoms with van der Waals surface area (Å²) in [4.78, 5) is 14.3. The van der Waals surface area contributed by atoms with Crippen LogP contribution in [0, 0.1) is 5.92 Å². The van der Waals surface area contributed by atoms with Gasteiger partial charge in [-0.2, -0.15) is 13.2 Å². The molecule has 1 saturated carbocycles. The van der Waals surface area contributed by atoms with Crippen molar-refractivity contribution in [3.8, 4) is 0 Å². The summed E-state index contributed by atoms with van der Waals surface area (Å²) in [5, 5.41) is 9.72. The summed E-state index contributed by atoms with van der Waals surface area (Å²) in [5.74, 6) is -0.0930. The fourth-order valence-corrected chi connectivity index (χ4v) is 3.28. The van der Waals surface area contributed by atoms with E-state index in [9.17, 15) is 23.1 Å². The SMILES string of the molecule is O=C(C(c1ccccc1)C1CC1)N1CCC(O)(C(F)(F)F)CC1. The second-order valence-corrected chi connectivity index (χ2v) is 6.58. The lowest BCUT2D eigenvalue weighted by Crippen LogP contribution is -2.55. The van der Waals surface area contributed by atoms with Gasteiger partial charge in [-0.15, -0.1) is 0 Å². The average molecular weight is 327 g/mol. The number of piperidine rings is 1. The Bertz CT molecular complexity index is 561. The molecule has 1 heterocycles. The van der Waals surface area contributed by atoms with E-state index in [4.69, 9.17) is 0 Å². The lowest BCUT2D eigenvalue weighted by atomic mass is 9.88. The van der Waals surface area contributed by atoms with Gasteiger partial charge in [-0.05, 0) is 24.3 Å². The van der Waals surface area contributed by atoms with Crippen molar-refractivity contribution in [1.82, 2.24) is 4.90 Å². The van der Waals surface area contributed by atoms with Crippen molar-refractivity contribution in [2.75, 3.05) is 13.1 Å². The van der Waals surface area contributed by atoms with Crippen molar-refractivity contribution < 1.29 is 23.1 Å². The summed E-state index contributed by atoms with van der Waals surface area (Å²) in [5.41, 5.74) is -1.73. The second kappa shape index (κ2) is 5.82. The number of nitrogens with zero attached hydrogens (tertiary/aromatic N) is 1. The zero-order chi connectivity index (χ0) is 16.7. The Labute approximate surface area is 133 Å². The third-order valence-electron chi connectivity index (χ3n) is 4.95. The third-order valence-corrected chi connectivity index (χ3v) is 4.95. The summed E-state index contributed by atoms with van der Waals surface area (Å²) < 4.78 is 38.6. The third kappa shape index (κ3) is 3.22. The average Bonchev–Trinajstić information content (AvgIpc) is 3.33. The Morgan fingerprint density at radius 2 is 1.74 bits per heavy atom. The highest BCUT2D eigenvalue weighted by atomic mass is 19.4. The van der Waals surface area contributed by atoms with Crippen LogP contribution >= 0.6 is 0 Å². The Balaban J connectivity index is 1.71. The minimum atomic E-state index is -4.64. The smallest absolute Gasteiger partial charge is 0.380 e. The highest BCUT2D eigenvalue weighted by Crippen LogP contribution is 2.45. The van der Waals surface area contributed by atoms with Gasteiger partial charge in [0, 0.05) is 25.9 Å². The van der Waals surface area contributed by atoms with Crippen molar-refractivity contribution in [3.05, 3.63) is 35.9 Å². The Morgan fingerprint density at radius 1 is 1.17 bits per heavy atom. The molecule has 0 spiro atoms. The van der Waals surface area contributed by atoms with E-state index in [-0.39, 0.29) is 30.8 Å². The predicted molar refractivity (Wildman–Crippen MR) is 78.7 cm³/mol. The van der Waals surface area contributed by atoms with Crippen LogP contribution in [0.15, 0.2) is 30.3 Å². The summed E-state index contributed by atoms with van der Waals surface area (Å²) in [7, 11) is 0. The predicted octanol–water partition coefficient (Wildman–Crippen LogP) is 3.10. The molecule has 1 aliphatic carbocycles. The van der Waals surface area contributed by atoms with Crippen LogP contribution in [0.2, 0.25) is 0 Å². The molecule has 3 rings (SSSR count). The van der Waals surface area contributed by atoms with Gasteiger partial charge < -0.3 is 10.0 Å². The maximum absolute atomic E-state index is 12.9. The van der Waals surface area contributed by atoms with Gasteiger partial charge in [0.25, 0.3) is 0 Å². The van der Waals surface area contributed by atoms with Crippen molar-refractivity contribution in [2.24, 2.45) is 5.92 Å². The van der Waals surface area contributed by atoms with Crippen LogP contribution in [0.5, 0.6) is 0 Å². The van der Waals surface area contributed by atoms with Crippen LogP contribution < -0.4 is 0 Å². The van der Waals surface area contributed by atoms with Gasteiger partial charge in [0.1, 0.15) is 0 Å². The topological polar surface area (TPSA) is 40.5 Å². The van der Waals surface area contributed by atoms with Crippen LogP contribution in [0.4, 0.5) is 13.2 Å². The van der Waals surface area contributed by atoms with E-state index in [0.29, 0.717) is 0 Å². The minimum absolute atomic E-state index is 0.0507. The zero-order valence-corrected chi connectivity index (χ0v) is 12.7. The maximum Gasteiger partial charge on any atom is 0.417 e. The van der Waals surface area contributed by atoms with Crippen molar-refractivity contribution >= 4 is 5.91 Å². The monoisotopic (exact) mass is 327 g/mol. The Morgan fingerprint density at radius 3 is 2.22 bits per heavy atom. The molecular formula is C17H20F3NO2. The first-order valence-electron chi connectivity index (χ1n) is 7.95. The van der Waals surface area contributed by atoms with Gasteiger partial charge in [-0.3, -0.25) is 4.79 Å². The number of hydrogen-bond donors (Lipinski definition) is 1. The summed E-state index contributed by atoms with van der Waals surface area (Å²) in [6, 6.07) is 9.42. The number of halogens is 3. The molecule has 1 atom stereocenters. The first-order valence-corrected chi connectivity index (χ1v) is 7.95. The number of aliphatic hydroxyl groups is 1. The van der Waals surface area contributed by atoms with Crippen molar-refractivity contribution in [1.29, 1.82) is 0 Å². The molecule has 1 aromatic rings. The molecule has 1 aliphatic heterocycles. The molecule has 23 heavy (non-hydrogen) atoms. The molecule has 6 heteroatoms. The highest BCUT2D eigenvalue weighted by Gasteiger charge is 2.55. The van der Waals surface area contributed by atoms with Crippen molar-refractivity contribution in [2.45, 2.75) is 43.4 Å². The zero-order valence-electron chi connectivity index (χ0n) is 12.7. The molecule has 126 valence electrons. The van der Waals surface area contributed by atoms with E-state index < -0.39 is 24.6 Å². The number of rotatable bonds is 3. The fourth-order valence-electron chi connectivity index (χ4n) is 3.28. The van der Waals surface area contributed by atoms with Gasteiger partial charge in [0.2, 0.25) is 5.91 Å². The number of likely N-dealkylation sites (tertiary alicyclic amines) is 1. The first-order chi connectivity index (χ1) is 10.8. The highest BCUT2D eigenvalue weighted by molar-refractivity contribution is 5.84. The molecule has 1 amide bonds. The number of carbonyl (C=O) groups is 1. The van der Waals surface area contributed by atoms with E-state index in [1.807, 2.05) is 30.3 Å². The fraction of sp³-hybridized carbons (Fsp3) is 0.588. The number of amides is 1. The molecular weight excluding hydrogens is 307 g/mol. The van der Waals surface area contributed by atoms with Gasteiger partial charge in [0.05, 0.1) is 5.92 Å². The van der Waals surface area contributed by atoms with E-state index in [2.05, 4.69) is 0 Å². The molecule has 1 aromatic carbocycles. The molecule has 0 bridgehead atoms. The molecule has 2 fully saturated rings. The van der Waals surface area contributed by atoms with Crippen molar-refractivity contribution in [3.63, 3.8) is 0 Å². The quantitative estimate of drug-likeness (QED) is 0.927.